The molecule has 28 heavy (non-hydrogen) atoms. The maximum atomic E-state index is 13.4. The SMILES string of the molecule is COC(=O)C1=C(Nc2ccc(OC(C)C)c(C(F)(F)F)c2)C(=O)N(CCO)C1. The molecule has 0 radical (unpaired) electrons. The van der Waals surface area contributed by atoms with Gasteiger partial charge in [0.1, 0.15) is 11.4 Å². The second-order valence-electron chi connectivity index (χ2n) is 6.30. The zero-order valence-electron chi connectivity index (χ0n) is 15.6. The van der Waals surface area contributed by atoms with Crippen LogP contribution in [-0.4, -0.2) is 54.8 Å². The van der Waals surface area contributed by atoms with Crippen molar-refractivity contribution in [3.8, 4) is 5.75 Å². The highest BCUT2D eigenvalue weighted by atomic mass is 19.4. The van der Waals surface area contributed by atoms with E-state index in [1.807, 2.05) is 0 Å². The third kappa shape index (κ3) is 4.75. The number of methoxy groups -OCH3 is 1. The van der Waals surface area contributed by atoms with Crippen LogP contribution in [0.5, 0.6) is 5.75 Å². The fraction of sp³-hybridized carbons (Fsp3) is 0.444. The number of hydrogen-bond donors (Lipinski definition) is 2. The molecular weight excluding hydrogens is 381 g/mol. The number of carbonyl (C=O) groups is 2. The Kier molecular flexibility index (Phi) is 6.55. The Morgan fingerprint density at radius 2 is 2.04 bits per heavy atom. The summed E-state index contributed by atoms with van der Waals surface area (Å²) >= 11 is 0. The number of hydrogen-bond acceptors (Lipinski definition) is 6. The first-order valence-corrected chi connectivity index (χ1v) is 8.45. The summed E-state index contributed by atoms with van der Waals surface area (Å²) in [5.74, 6) is -1.74. The predicted octanol–water partition coefficient (Wildman–Crippen LogP) is 2.17. The molecule has 0 spiro atoms. The Bertz CT molecular complexity index is 790. The lowest BCUT2D eigenvalue weighted by Gasteiger charge is -2.18. The average Bonchev–Trinajstić information content (AvgIpc) is 2.91. The van der Waals surface area contributed by atoms with Crippen LogP contribution in [0.2, 0.25) is 0 Å². The van der Waals surface area contributed by atoms with Crippen molar-refractivity contribution < 1.29 is 37.3 Å². The van der Waals surface area contributed by atoms with Crippen molar-refractivity contribution in [1.29, 1.82) is 0 Å². The molecule has 154 valence electrons. The lowest BCUT2D eigenvalue weighted by molar-refractivity contribution is -0.139. The van der Waals surface area contributed by atoms with Crippen LogP contribution in [-0.2, 0) is 20.5 Å². The number of carbonyl (C=O) groups excluding carboxylic acids is 2. The van der Waals surface area contributed by atoms with Crippen LogP contribution in [0.1, 0.15) is 19.4 Å². The van der Waals surface area contributed by atoms with Gasteiger partial charge in [-0.05, 0) is 32.0 Å². The van der Waals surface area contributed by atoms with Crippen molar-refractivity contribution in [2.75, 3.05) is 32.1 Å². The minimum atomic E-state index is -4.68. The average molecular weight is 402 g/mol. The molecule has 0 bridgehead atoms. The Labute approximate surface area is 159 Å². The van der Waals surface area contributed by atoms with Crippen LogP contribution < -0.4 is 10.1 Å². The molecule has 0 aromatic heterocycles. The smallest absolute Gasteiger partial charge is 0.420 e. The molecule has 2 rings (SSSR count). The van der Waals surface area contributed by atoms with E-state index >= 15 is 0 Å². The maximum Gasteiger partial charge on any atom is 0.420 e. The molecule has 1 aromatic rings. The molecule has 7 nitrogen and oxygen atoms in total. The summed E-state index contributed by atoms with van der Waals surface area (Å²) in [7, 11) is 1.13. The molecule has 0 aliphatic carbocycles. The van der Waals surface area contributed by atoms with Crippen molar-refractivity contribution in [2.45, 2.75) is 26.1 Å². The zero-order valence-corrected chi connectivity index (χ0v) is 15.6. The highest BCUT2D eigenvalue weighted by Crippen LogP contribution is 2.38. The van der Waals surface area contributed by atoms with E-state index in [1.54, 1.807) is 13.8 Å². The van der Waals surface area contributed by atoms with Crippen molar-refractivity contribution in [3.63, 3.8) is 0 Å². The summed E-state index contributed by atoms with van der Waals surface area (Å²) < 4.78 is 50.0. The summed E-state index contributed by atoms with van der Waals surface area (Å²) in [4.78, 5) is 25.6. The second-order valence-corrected chi connectivity index (χ2v) is 6.30. The number of nitrogens with zero attached hydrogens (tertiary/aromatic N) is 1. The Balaban J connectivity index is 2.41. The quantitative estimate of drug-likeness (QED) is 0.680. The summed E-state index contributed by atoms with van der Waals surface area (Å²) in [6.07, 6.45) is -5.14. The van der Waals surface area contributed by atoms with Gasteiger partial charge in [-0.15, -0.1) is 0 Å². The normalized spacial score (nSPS) is 14.7. The van der Waals surface area contributed by atoms with Crippen molar-refractivity contribution in [1.82, 2.24) is 4.90 Å². The second kappa shape index (κ2) is 8.51. The fourth-order valence-corrected chi connectivity index (χ4v) is 2.68. The number of ether oxygens (including phenoxy) is 2. The van der Waals surface area contributed by atoms with E-state index in [9.17, 15) is 22.8 Å². The zero-order chi connectivity index (χ0) is 21.1. The van der Waals surface area contributed by atoms with E-state index in [0.717, 1.165) is 19.2 Å². The number of nitrogens with one attached hydrogen (secondary N) is 1. The summed E-state index contributed by atoms with van der Waals surface area (Å²) in [6, 6.07) is 3.27. The molecule has 0 atom stereocenters. The number of β-amino-alcohol motifs (C(OH)–C–C–N with tert-alkyl or cyclic N) is 1. The summed E-state index contributed by atoms with van der Waals surface area (Å²) in [6.45, 7) is 2.74. The minimum absolute atomic E-state index is 0.0283. The number of aliphatic hydroxyl groups is 1. The molecule has 1 aliphatic heterocycles. The van der Waals surface area contributed by atoms with Gasteiger partial charge in [0.15, 0.2) is 0 Å². The molecular formula is C18H21F3N2O5. The molecule has 10 heteroatoms. The molecule has 0 fully saturated rings. The van der Waals surface area contributed by atoms with E-state index in [-0.39, 0.29) is 42.4 Å². The Morgan fingerprint density at radius 1 is 1.36 bits per heavy atom. The lowest BCUT2D eigenvalue weighted by atomic mass is 10.1. The molecule has 1 aliphatic rings. The number of aliphatic hydroxyl groups excluding tert-OH is 1. The van der Waals surface area contributed by atoms with Gasteiger partial charge >= 0.3 is 12.1 Å². The monoisotopic (exact) mass is 402 g/mol. The maximum absolute atomic E-state index is 13.4. The highest BCUT2D eigenvalue weighted by molar-refractivity contribution is 6.08. The first kappa shape index (κ1) is 21.5. The summed E-state index contributed by atoms with van der Waals surface area (Å²) in [5.41, 5.74) is -1.27. The van der Waals surface area contributed by atoms with Crippen LogP contribution >= 0.6 is 0 Å². The molecule has 2 N–H and O–H groups in total. The van der Waals surface area contributed by atoms with Crippen LogP contribution in [0.4, 0.5) is 18.9 Å². The van der Waals surface area contributed by atoms with Crippen LogP contribution in [0.25, 0.3) is 0 Å². The van der Waals surface area contributed by atoms with Crippen molar-refractivity contribution in [2.24, 2.45) is 0 Å². The third-order valence-corrected chi connectivity index (χ3v) is 3.87. The van der Waals surface area contributed by atoms with E-state index in [0.29, 0.717) is 0 Å². The fourth-order valence-electron chi connectivity index (χ4n) is 2.68. The van der Waals surface area contributed by atoms with E-state index in [2.05, 4.69) is 10.1 Å². The number of benzene rings is 1. The Morgan fingerprint density at radius 3 is 2.57 bits per heavy atom. The van der Waals surface area contributed by atoms with Gasteiger partial charge in [0.05, 0.1) is 37.5 Å². The standard InChI is InChI=1S/C18H21F3N2O5/c1-10(2)28-14-5-4-11(8-13(14)18(19,20)21)22-15-12(17(26)27-3)9-23(6-7-24)16(15)25/h4-5,8,10,22,24H,6-7,9H2,1-3H3. The van der Waals surface area contributed by atoms with Gasteiger partial charge in [0.2, 0.25) is 0 Å². The number of anilines is 1. The lowest BCUT2D eigenvalue weighted by Crippen LogP contribution is -2.31. The Hall–Kier alpha value is -2.75. The van der Waals surface area contributed by atoms with Crippen molar-refractivity contribution in [3.05, 3.63) is 35.0 Å². The third-order valence-electron chi connectivity index (χ3n) is 3.87. The van der Waals surface area contributed by atoms with Crippen LogP contribution in [0.15, 0.2) is 29.5 Å². The van der Waals surface area contributed by atoms with E-state index in [4.69, 9.17) is 9.84 Å². The first-order valence-electron chi connectivity index (χ1n) is 8.45. The molecule has 0 unspecified atom stereocenters. The van der Waals surface area contributed by atoms with Crippen molar-refractivity contribution >= 4 is 17.6 Å². The number of alkyl halides is 3. The molecule has 0 saturated carbocycles. The van der Waals surface area contributed by atoms with Gasteiger partial charge in [0, 0.05) is 12.2 Å². The van der Waals surface area contributed by atoms with Gasteiger partial charge in [0.25, 0.3) is 5.91 Å². The first-order chi connectivity index (χ1) is 13.1. The van der Waals surface area contributed by atoms with Crippen LogP contribution in [0.3, 0.4) is 0 Å². The topological polar surface area (TPSA) is 88.1 Å². The van der Waals surface area contributed by atoms with Crippen LogP contribution in [0, 0.1) is 0 Å². The van der Waals surface area contributed by atoms with Gasteiger partial charge in [-0.25, -0.2) is 4.79 Å². The van der Waals surface area contributed by atoms with Gasteiger partial charge in [-0.1, -0.05) is 0 Å². The van der Waals surface area contributed by atoms with E-state index in [1.165, 1.54) is 11.0 Å². The highest BCUT2D eigenvalue weighted by Gasteiger charge is 2.37. The summed E-state index contributed by atoms with van der Waals surface area (Å²) in [5, 5.41) is 11.6. The molecule has 1 amide bonds. The van der Waals surface area contributed by atoms with Gasteiger partial charge in [-0.2, -0.15) is 13.2 Å². The van der Waals surface area contributed by atoms with E-state index < -0.39 is 29.7 Å². The number of halogens is 3. The molecule has 0 saturated heterocycles. The number of amides is 1. The molecule has 1 heterocycles. The number of rotatable bonds is 7. The largest absolute Gasteiger partial charge is 0.490 e. The molecule has 1 aromatic carbocycles. The number of esters is 1. The van der Waals surface area contributed by atoms with Gasteiger partial charge < -0.3 is 24.8 Å². The van der Waals surface area contributed by atoms with Gasteiger partial charge in [-0.3, -0.25) is 4.79 Å². The predicted molar refractivity (Wildman–Crippen MR) is 93.5 cm³/mol. The minimum Gasteiger partial charge on any atom is -0.490 e.